The molecule has 0 aliphatic carbocycles. The maximum atomic E-state index is 2.50. The average molecular weight is 819 g/mol. The molecule has 0 aliphatic rings. The summed E-state index contributed by atoms with van der Waals surface area (Å²) in [6.07, 6.45) is 0. The third kappa shape index (κ3) is 5.78. The molecule has 0 bridgehead atoms. The molecule has 12 aromatic rings. The summed E-state index contributed by atoms with van der Waals surface area (Å²) in [5.41, 5.74) is 11.9. The summed E-state index contributed by atoms with van der Waals surface area (Å²) < 4.78 is 4.97. The third-order valence-corrected chi connectivity index (χ3v) is 17.9. The summed E-state index contributed by atoms with van der Waals surface area (Å²) >= 11 is 0. The number of hydrogen-bond acceptors (Lipinski definition) is 0. The van der Waals surface area contributed by atoms with Gasteiger partial charge in [0.25, 0.3) is 0 Å². The lowest BCUT2D eigenvalue weighted by Gasteiger charge is -2.35. The van der Waals surface area contributed by atoms with E-state index in [1.54, 1.807) is 0 Å². The van der Waals surface area contributed by atoms with Crippen molar-refractivity contribution in [3.05, 3.63) is 255 Å². The van der Waals surface area contributed by atoms with Crippen molar-refractivity contribution in [1.29, 1.82) is 0 Å². The molecular formula is C60H42N2Si. The minimum absolute atomic E-state index is 1.14. The molecule has 63 heavy (non-hydrogen) atoms. The first kappa shape index (κ1) is 36.8. The number of para-hydroxylation sites is 3. The van der Waals surface area contributed by atoms with Crippen LogP contribution in [0.25, 0.3) is 77.2 Å². The van der Waals surface area contributed by atoms with Gasteiger partial charge in [0.15, 0.2) is 8.07 Å². The summed E-state index contributed by atoms with van der Waals surface area (Å²) in [4.78, 5) is 0. The van der Waals surface area contributed by atoms with Crippen molar-refractivity contribution in [1.82, 2.24) is 9.13 Å². The van der Waals surface area contributed by atoms with E-state index in [4.69, 9.17) is 0 Å². The van der Waals surface area contributed by atoms with E-state index < -0.39 is 8.07 Å². The zero-order chi connectivity index (χ0) is 41.7. The first-order valence-corrected chi connectivity index (χ1v) is 23.8. The fourth-order valence-electron chi connectivity index (χ4n) is 10.5. The first-order valence-electron chi connectivity index (χ1n) is 21.8. The number of nitrogens with zero attached hydrogens (tertiary/aromatic N) is 2. The molecule has 0 unspecified atom stereocenters. The van der Waals surface area contributed by atoms with Gasteiger partial charge in [-0.25, -0.2) is 0 Å². The van der Waals surface area contributed by atoms with E-state index in [9.17, 15) is 0 Å². The van der Waals surface area contributed by atoms with Gasteiger partial charge in [-0.1, -0.05) is 212 Å². The Balaban J connectivity index is 1.12. The summed E-state index contributed by atoms with van der Waals surface area (Å²) in [6, 6.07) is 94.2. The Morgan fingerprint density at radius 2 is 0.762 bits per heavy atom. The van der Waals surface area contributed by atoms with Crippen LogP contribution >= 0.6 is 0 Å². The SMILES string of the molecule is c1ccc(-c2ccccc2-c2ccccc2-n2c3ccccc3c3cc(-n4c5ccccc5c5c([Si](c6ccccc6)(c6ccccc6)c6ccccc6)cccc54)ccc32)cc1. The Bertz CT molecular complexity index is 3510. The summed E-state index contributed by atoms with van der Waals surface area (Å²) in [6.45, 7) is 0. The minimum Gasteiger partial charge on any atom is -0.309 e. The van der Waals surface area contributed by atoms with Crippen LogP contribution in [0.4, 0.5) is 0 Å². The van der Waals surface area contributed by atoms with Crippen molar-refractivity contribution < 1.29 is 0 Å². The predicted octanol–water partition coefficient (Wildman–Crippen LogP) is 12.6. The molecule has 2 aromatic heterocycles. The van der Waals surface area contributed by atoms with Gasteiger partial charge in [-0.3, -0.25) is 0 Å². The van der Waals surface area contributed by atoms with Gasteiger partial charge < -0.3 is 9.13 Å². The molecule has 296 valence electrons. The maximum Gasteiger partial charge on any atom is 0.180 e. The highest BCUT2D eigenvalue weighted by Crippen LogP contribution is 2.41. The van der Waals surface area contributed by atoms with Crippen LogP contribution < -0.4 is 20.7 Å². The molecule has 2 nitrogen and oxygen atoms in total. The number of fused-ring (bicyclic) bond motifs is 6. The van der Waals surface area contributed by atoms with Crippen LogP contribution in [0.15, 0.2) is 255 Å². The van der Waals surface area contributed by atoms with E-state index in [1.165, 1.54) is 86.6 Å². The average Bonchev–Trinajstić information content (AvgIpc) is 3.88. The lowest BCUT2D eigenvalue weighted by Crippen LogP contribution is -2.74. The van der Waals surface area contributed by atoms with Crippen molar-refractivity contribution in [3.63, 3.8) is 0 Å². The number of hydrogen-bond donors (Lipinski definition) is 0. The largest absolute Gasteiger partial charge is 0.309 e. The molecule has 12 rings (SSSR count). The second-order valence-electron chi connectivity index (χ2n) is 16.4. The van der Waals surface area contributed by atoms with E-state index in [-0.39, 0.29) is 0 Å². The van der Waals surface area contributed by atoms with Crippen molar-refractivity contribution in [2.75, 3.05) is 0 Å². The molecule has 0 saturated heterocycles. The molecule has 3 heteroatoms. The van der Waals surface area contributed by atoms with E-state index in [2.05, 4.69) is 264 Å². The van der Waals surface area contributed by atoms with Gasteiger partial charge in [0.2, 0.25) is 0 Å². The molecular weight excluding hydrogens is 777 g/mol. The summed E-state index contributed by atoms with van der Waals surface area (Å²) in [5, 5.41) is 10.5. The summed E-state index contributed by atoms with van der Waals surface area (Å²) in [5.74, 6) is 0. The molecule has 0 atom stereocenters. The van der Waals surface area contributed by atoms with Crippen LogP contribution in [-0.4, -0.2) is 17.2 Å². The van der Waals surface area contributed by atoms with Crippen LogP contribution in [0.1, 0.15) is 0 Å². The highest BCUT2D eigenvalue weighted by molar-refractivity contribution is 7.20. The van der Waals surface area contributed by atoms with E-state index >= 15 is 0 Å². The molecule has 2 heterocycles. The lowest BCUT2D eigenvalue weighted by atomic mass is 9.93. The topological polar surface area (TPSA) is 9.86 Å². The highest BCUT2D eigenvalue weighted by Gasteiger charge is 2.43. The van der Waals surface area contributed by atoms with Crippen molar-refractivity contribution >= 4 is 72.4 Å². The second kappa shape index (κ2) is 15.2. The van der Waals surface area contributed by atoms with E-state index in [0.29, 0.717) is 0 Å². The Labute approximate surface area is 368 Å². The quantitative estimate of drug-likeness (QED) is 0.107. The van der Waals surface area contributed by atoms with Gasteiger partial charge in [-0.15, -0.1) is 0 Å². The molecule has 0 saturated carbocycles. The minimum atomic E-state index is -2.86. The van der Waals surface area contributed by atoms with Crippen molar-refractivity contribution in [2.24, 2.45) is 0 Å². The molecule has 0 radical (unpaired) electrons. The van der Waals surface area contributed by atoms with Crippen LogP contribution in [-0.2, 0) is 0 Å². The standard InChI is InChI=1S/C60H42N2Si/c1-5-22-43(23-6-1)48-30-13-14-31-49(48)50-32-15-18-35-54(50)62-55-36-19-16-33-51(55)53-42-44(40-41-57(53)62)61-56-37-20-17-34-52(56)60-58(61)38-21-39-59(60)63(45-24-7-2-8-25-45,46-26-9-3-10-27-46)47-28-11-4-12-29-47/h1-42H. The second-order valence-corrected chi connectivity index (χ2v) is 20.2. The van der Waals surface area contributed by atoms with Crippen LogP contribution in [0.2, 0.25) is 0 Å². The molecule has 0 N–H and O–H groups in total. The highest BCUT2D eigenvalue weighted by atomic mass is 28.3. The smallest absolute Gasteiger partial charge is 0.180 e. The summed E-state index contributed by atoms with van der Waals surface area (Å²) in [7, 11) is -2.86. The van der Waals surface area contributed by atoms with Gasteiger partial charge in [-0.05, 0) is 79.9 Å². The maximum absolute atomic E-state index is 2.86. The molecule has 0 fully saturated rings. The van der Waals surface area contributed by atoms with Crippen molar-refractivity contribution in [3.8, 4) is 33.6 Å². The van der Waals surface area contributed by atoms with Crippen LogP contribution in [0.3, 0.4) is 0 Å². The number of aromatic nitrogens is 2. The van der Waals surface area contributed by atoms with Gasteiger partial charge in [0.1, 0.15) is 0 Å². The van der Waals surface area contributed by atoms with E-state index in [0.717, 1.165) is 11.4 Å². The Morgan fingerprint density at radius 1 is 0.286 bits per heavy atom. The van der Waals surface area contributed by atoms with Crippen molar-refractivity contribution in [2.45, 2.75) is 0 Å². The van der Waals surface area contributed by atoms with Gasteiger partial charge in [-0.2, -0.15) is 0 Å². The number of rotatable bonds is 8. The fraction of sp³-hybridized carbons (Fsp3) is 0. The van der Waals surface area contributed by atoms with Gasteiger partial charge in [0, 0.05) is 32.8 Å². The van der Waals surface area contributed by atoms with Crippen LogP contribution in [0.5, 0.6) is 0 Å². The van der Waals surface area contributed by atoms with Gasteiger partial charge >= 0.3 is 0 Å². The monoisotopic (exact) mass is 818 g/mol. The lowest BCUT2D eigenvalue weighted by molar-refractivity contribution is 1.17. The van der Waals surface area contributed by atoms with E-state index in [1.807, 2.05) is 0 Å². The molecule has 0 spiro atoms. The molecule has 10 aromatic carbocycles. The zero-order valence-corrected chi connectivity index (χ0v) is 35.6. The third-order valence-electron chi connectivity index (χ3n) is 13.1. The van der Waals surface area contributed by atoms with Gasteiger partial charge in [0.05, 0.1) is 27.8 Å². The molecule has 0 aliphatic heterocycles. The normalized spacial score (nSPS) is 11.8. The number of benzene rings is 10. The Kier molecular flexibility index (Phi) is 8.87. The molecule has 0 amide bonds. The van der Waals surface area contributed by atoms with Crippen LogP contribution in [0, 0.1) is 0 Å². The Morgan fingerprint density at radius 3 is 1.41 bits per heavy atom. The zero-order valence-electron chi connectivity index (χ0n) is 34.6. The predicted molar refractivity (Wildman–Crippen MR) is 270 cm³/mol. The fourth-order valence-corrected chi connectivity index (χ4v) is 15.5. The Hall–Kier alpha value is -7.98. The first-order chi connectivity index (χ1) is 31.3.